The fraction of sp³-hybridized carbons (Fsp3) is 0.476. The average Bonchev–Trinajstić information content (AvgIpc) is 3.46. The molecule has 8 heteroatoms. The van der Waals surface area contributed by atoms with Crippen molar-refractivity contribution in [2.75, 3.05) is 18.5 Å². The van der Waals surface area contributed by atoms with Crippen LogP contribution in [0.25, 0.3) is 10.4 Å². The highest BCUT2D eigenvalue weighted by Gasteiger charge is 2.23. The van der Waals surface area contributed by atoms with Crippen LogP contribution in [0.3, 0.4) is 0 Å². The highest BCUT2D eigenvalue weighted by molar-refractivity contribution is 7.17. The standard InChI is InChI=1S/C21H25NO5S2/c1-2-26-21(25)19-15(16-8-5-11-28-16)13-29-20(19)22-17(23)12-27-18(24)10-9-14-6-3-4-7-14/h5,8,11,13-14H,2-4,6-7,9-10,12H2,1H3,(H,22,23). The maximum Gasteiger partial charge on any atom is 0.341 e. The molecule has 1 saturated carbocycles. The Balaban J connectivity index is 1.57. The molecule has 1 aliphatic rings. The molecule has 6 nitrogen and oxygen atoms in total. The van der Waals surface area contributed by atoms with Gasteiger partial charge < -0.3 is 14.8 Å². The van der Waals surface area contributed by atoms with Gasteiger partial charge in [0.15, 0.2) is 6.61 Å². The van der Waals surface area contributed by atoms with E-state index in [0.29, 0.717) is 22.9 Å². The predicted molar refractivity (Wildman–Crippen MR) is 114 cm³/mol. The Bertz CT molecular complexity index is 837. The summed E-state index contributed by atoms with van der Waals surface area (Å²) in [5, 5.41) is 6.84. The summed E-state index contributed by atoms with van der Waals surface area (Å²) in [7, 11) is 0. The zero-order valence-electron chi connectivity index (χ0n) is 16.4. The van der Waals surface area contributed by atoms with Gasteiger partial charge in [0.05, 0.1) is 6.61 Å². The Labute approximate surface area is 178 Å². The van der Waals surface area contributed by atoms with E-state index in [1.807, 2.05) is 22.9 Å². The van der Waals surface area contributed by atoms with Crippen LogP contribution in [0.5, 0.6) is 0 Å². The van der Waals surface area contributed by atoms with E-state index >= 15 is 0 Å². The fourth-order valence-electron chi connectivity index (χ4n) is 3.47. The minimum absolute atomic E-state index is 0.241. The van der Waals surface area contributed by atoms with Crippen LogP contribution >= 0.6 is 22.7 Å². The molecule has 0 aromatic carbocycles. The normalized spacial score (nSPS) is 14.0. The molecule has 1 fully saturated rings. The zero-order chi connectivity index (χ0) is 20.6. The van der Waals surface area contributed by atoms with Gasteiger partial charge in [-0.25, -0.2) is 4.79 Å². The molecule has 0 saturated heterocycles. The van der Waals surface area contributed by atoms with E-state index in [9.17, 15) is 14.4 Å². The Morgan fingerprint density at radius 2 is 1.97 bits per heavy atom. The van der Waals surface area contributed by atoms with Crippen molar-refractivity contribution in [3.05, 3.63) is 28.5 Å². The molecule has 1 N–H and O–H groups in total. The van der Waals surface area contributed by atoms with Gasteiger partial charge in [0, 0.05) is 22.2 Å². The van der Waals surface area contributed by atoms with Crippen LogP contribution in [0.15, 0.2) is 22.9 Å². The number of ether oxygens (including phenoxy) is 2. The third kappa shape index (κ3) is 5.90. The lowest BCUT2D eigenvalue weighted by Crippen LogP contribution is -2.21. The van der Waals surface area contributed by atoms with Crippen molar-refractivity contribution in [3.63, 3.8) is 0 Å². The van der Waals surface area contributed by atoms with Crippen LogP contribution in [-0.2, 0) is 19.1 Å². The molecule has 2 aromatic heterocycles. The van der Waals surface area contributed by atoms with Gasteiger partial charge in [0.25, 0.3) is 5.91 Å². The minimum atomic E-state index is -0.485. The fourth-order valence-corrected chi connectivity index (χ4v) is 5.26. The van der Waals surface area contributed by atoms with Crippen molar-refractivity contribution in [2.24, 2.45) is 5.92 Å². The second-order valence-electron chi connectivity index (χ2n) is 6.95. The Kier molecular flexibility index (Phi) is 7.83. The summed E-state index contributed by atoms with van der Waals surface area (Å²) in [5.41, 5.74) is 1.06. The first-order valence-corrected chi connectivity index (χ1v) is 11.6. The molecule has 1 aliphatic carbocycles. The monoisotopic (exact) mass is 435 g/mol. The number of thiophene rings is 2. The van der Waals surface area contributed by atoms with Crippen molar-refractivity contribution in [3.8, 4) is 10.4 Å². The summed E-state index contributed by atoms with van der Waals surface area (Å²) in [6.45, 7) is 1.61. The van der Waals surface area contributed by atoms with Gasteiger partial charge in [0.1, 0.15) is 10.6 Å². The first-order chi connectivity index (χ1) is 14.1. The number of carbonyl (C=O) groups is 3. The van der Waals surface area contributed by atoms with Gasteiger partial charge in [-0.3, -0.25) is 9.59 Å². The summed E-state index contributed by atoms with van der Waals surface area (Å²) >= 11 is 2.76. The van der Waals surface area contributed by atoms with Crippen molar-refractivity contribution in [1.29, 1.82) is 0 Å². The number of hydrogen-bond donors (Lipinski definition) is 1. The number of amides is 1. The van der Waals surface area contributed by atoms with Gasteiger partial charge in [-0.2, -0.15) is 0 Å². The van der Waals surface area contributed by atoms with Crippen LogP contribution in [-0.4, -0.2) is 31.1 Å². The Morgan fingerprint density at radius 1 is 1.17 bits per heavy atom. The molecule has 0 atom stereocenters. The molecule has 2 aromatic rings. The molecular weight excluding hydrogens is 410 g/mol. The highest BCUT2D eigenvalue weighted by Crippen LogP contribution is 2.38. The quantitative estimate of drug-likeness (QED) is 0.554. The largest absolute Gasteiger partial charge is 0.462 e. The molecule has 0 radical (unpaired) electrons. The van der Waals surface area contributed by atoms with E-state index in [1.54, 1.807) is 6.92 Å². The molecule has 29 heavy (non-hydrogen) atoms. The van der Waals surface area contributed by atoms with E-state index in [-0.39, 0.29) is 19.2 Å². The molecular formula is C21H25NO5S2. The number of hydrogen-bond acceptors (Lipinski definition) is 7. The highest BCUT2D eigenvalue weighted by atomic mass is 32.1. The number of carbonyl (C=O) groups excluding carboxylic acids is 3. The Hall–Kier alpha value is -2.19. The van der Waals surface area contributed by atoms with E-state index < -0.39 is 11.9 Å². The summed E-state index contributed by atoms with van der Waals surface area (Å²) in [4.78, 5) is 37.6. The van der Waals surface area contributed by atoms with Gasteiger partial charge in [-0.15, -0.1) is 22.7 Å². The minimum Gasteiger partial charge on any atom is -0.462 e. The van der Waals surface area contributed by atoms with Crippen molar-refractivity contribution in [2.45, 2.75) is 45.4 Å². The second-order valence-corrected chi connectivity index (χ2v) is 8.78. The number of esters is 2. The Morgan fingerprint density at radius 3 is 2.66 bits per heavy atom. The lowest BCUT2D eigenvalue weighted by molar-refractivity contribution is -0.147. The van der Waals surface area contributed by atoms with Crippen molar-refractivity contribution in [1.82, 2.24) is 0 Å². The molecule has 0 bridgehead atoms. The average molecular weight is 436 g/mol. The van der Waals surface area contributed by atoms with Gasteiger partial charge in [-0.1, -0.05) is 31.7 Å². The van der Waals surface area contributed by atoms with E-state index in [1.165, 1.54) is 48.4 Å². The maximum atomic E-state index is 12.5. The van der Waals surface area contributed by atoms with Gasteiger partial charge in [-0.05, 0) is 30.7 Å². The summed E-state index contributed by atoms with van der Waals surface area (Å²) < 4.78 is 10.3. The lowest BCUT2D eigenvalue weighted by atomic mass is 10.0. The van der Waals surface area contributed by atoms with Gasteiger partial charge in [0.2, 0.25) is 0 Å². The topological polar surface area (TPSA) is 81.7 Å². The van der Waals surface area contributed by atoms with Crippen LogP contribution < -0.4 is 5.32 Å². The maximum absolute atomic E-state index is 12.5. The predicted octanol–water partition coefficient (Wildman–Crippen LogP) is 5.11. The van der Waals surface area contributed by atoms with E-state index in [0.717, 1.165) is 16.9 Å². The van der Waals surface area contributed by atoms with Crippen LogP contribution in [0.4, 0.5) is 5.00 Å². The first kappa shape index (κ1) is 21.5. The molecule has 3 rings (SSSR count). The first-order valence-electron chi connectivity index (χ1n) is 9.86. The molecule has 0 spiro atoms. The molecule has 1 amide bonds. The number of anilines is 1. The van der Waals surface area contributed by atoms with E-state index in [2.05, 4.69) is 5.32 Å². The van der Waals surface area contributed by atoms with Crippen molar-refractivity contribution < 1.29 is 23.9 Å². The summed E-state index contributed by atoms with van der Waals surface area (Å²) in [6.07, 6.45) is 5.99. The van der Waals surface area contributed by atoms with E-state index in [4.69, 9.17) is 9.47 Å². The zero-order valence-corrected chi connectivity index (χ0v) is 18.0. The lowest BCUT2D eigenvalue weighted by Gasteiger charge is -2.10. The number of rotatable bonds is 9. The molecule has 156 valence electrons. The molecule has 0 unspecified atom stereocenters. The second kappa shape index (κ2) is 10.5. The third-order valence-electron chi connectivity index (χ3n) is 4.91. The third-order valence-corrected chi connectivity index (χ3v) is 6.70. The van der Waals surface area contributed by atoms with Gasteiger partial charge >= 0.3 is 11.9 Å². The smallest absolute Gasteiger partial charge is 0.341 e. The SMILES string of the molecule is CCOC(=O)c1c(-c2cccs2)csc1NC(=O)COC(=O)CCC1CCCC1. The summed E-state index contributed by atoms with van der Waals surface area (Å²) in [5.74, 6) is -0.709. The van der Waals surface area contributed by atoms with Crippen LogP contribution in [0.1, 0.15) is 55.8 Å². The summed E-state index contributed by atoms with van der Waals surface area (Å²) in [6, 6.07) is 3.81. The van der Waals surface area contributed by atoms with Crippen LogP contribution in [0.2, 0.25) is 0 Å². The molecule has 2 heterocycles. The van der Waals surface area contributed by atoms with Crippen LogP contribution in [0, 0.1) is 5.92 Å². The number of nitrogens with one attached hydrogen (secondary N) is 1. The van der Waals surface area contributed by atoms with Crippen molar-refractivity contribution >= 4 is 45.5 Å². The molecule has 0 aliphatic heterocycles.